The first-order chi connectivity index (χ1) is 8.24. The Hall–Kier alpha value is -1.89. The van der Waals surface area contributed by atoms with Crippen molar-refractivity contribution in [1.82, 2.24) is 9.88 Å². The quantitative estimate of drug-likeness (QED) is 0.791. The Bertz CT molecular complexity index is 443. The van der Waals surface area contributed by atoms with Crippen molar-refractivity contribution in [1.29, 1.82) is 5.26 Å². The van der Waals surface area contributed by atoms with Crippen molar-refractivity contribution in [3.05, 3.63) is 29.6 Å². The number of amides is 1. The number of carbonyl (C=O) groups is 1. The molecule has 0 N–H and O–H groups in total. The third kappa shape index (κ3) is 2.82. The zero-order valence-corrected chi connectivity index (χ0v) is 9.89. The Morgan fingerprint density at radius 1 is 1.59 bits per heavy atom. The van der Waals surface area contributed by atoms with Crippen LogP contribution in [-0.4, -0.2) is 28.9 Å². The lowest BCUT2D eigenvalue weighted by Crippen LogP contribution is -2.33. The number of pyridine rings is 1. The van der Waals surface area contributed by atoms with Crippen LogP contribution in [0.4, 0.5) is 0 Å². The highest BCUT2D eigenvalue weighted by Crippen LogP contribution is 2.29. The van der Waals surface area contributed by atoms with Gasteiger partial charge in [-0.2, -0.15) is 5.26 Å². The van der Waals surface area contributed by atoms with E-state index in [4.69, 9.17) is 5.26 Å². The Morgan fingerprint density at radius 2 is 2.35 bits per heavy atom. The average Bonchev–Trinajstić information content (AvgIpc) is 3.19. The molecule has 4 heteroatoms. The van der Waals surface area contributed by atoms with E-state index < -0.39 is 0 Å². The van der Waals surface area contributed by atoms with E-state index in [1.807, 2.05) is 17.9 Å². The number of hydrogen-bond donors (Lipinski definition) is 0. The molecular weight excluding hydrogens is 214 g/mol. The number of nitrogens with zero attached hydrogens (tertiary/aromatic N) is 3. The molecule has 1 aliphatic rings. The van der Waals surface area contributed by atoms with Crippen LogP contribution in [0.25, 0.3) is 0 Å². The minimum absolute atomic E-state index is 0.0381. The first kappa shape index (κ1) is 11.6. The van der Waals surface area contributed by atoms with Crippen LogP contribution in [0.3, 0.4) is 0 Å². The van der Waals surface area contributed by atoms with Gasteiger partial charge in [0.15, 0.2) is 0 Å². The monoisotopic (exact) mass is 229 g/mol. The molecule has 0 spiro atoms. The van der Waals surface area contributed by atoms with Gasteiger partial charge < -0.3 is 4.90 Å². The molecule has 88 valence electrons. The van der Waals surface area contributed by atoms with Crippen LogP contribution in [0.2, 0.25) is 0 Å². The molecule has 4 nitrogen and oxygen atoms in total. The van der Waals surface area contributed by atoms with E-state index in [0.29, 0.717) is 23.7 Å². The van der Waals surface area contributed by atoms with Gasteiger partial charge in [0.2, 0.25) is 0 Å². The van der Waals surface area contributed by atoms with Gasteiger partial charge >= 0.3 is 0 Å². The molecule has 0 radical (unpaired) electrons. The SMILES string of the molecule is CCN(CC1CC1)C(=O)c1ccc(C#N)cn1. The Kier molecular flexibility index (Phi) is 3.38. The summed E-state index contributed by atoms with van der Waals surface area (Å²) in [5.41, 5.74) is 0.901. The standard InChI is InChI=1S/C13H15N3O/c1-2-16(9-10-3-4-10)13(17)12-6-5-11(7-14)8-15-12/h5-6,8,10H,2-4,9H2,1H3. The van der Waals surface area contributed by atoms with Crippen molar-refractivity contribution in [3.63, 3.8) is 0 Å². The normalized spacial score (nSPS) is 14.1. The fourth-order valence-electron chi connectivity index (χ4n) is 1.72. The second-order valence-electron chi connectivity index (χ2n) is 4.33. The second kappa shape index (κ2) is 4.96. The van der Waals surface area contributed by atoms with Gasteiger partial charge in [-0.3, -0.25) is 4.79 Å². The summed E-state index contributed by atoms with van der Waals surface area (Å²) in [7, 11) is 0. The third-order valence-electron chi connectivity index (χ3n) is 2.96. The lowest BCUT2D eigenvalue weighted by Gasteiger charge is -2.20. The van der Waals surface area contributed by atoms with Crippen molar-refractivity contribution in [2.24, 2.45) is 5.92 Å². The minimum Gasteiger partial charge on any atom is -0.337 e. The molecule has 2 rings (SSSR count). The maximum atomic E-state index is 12.1. The van der Waals surface area contributed by atoms with Crippen LogP contribution < -0.4 is 0 Å². The Morgan fingerprint density at radius 3 is 2.82 bits per heavy atom. The summed E-state index contributed by atoms with van der Waals surface area (Å²) >= 11 is 0. The van der Waals surface area contributed by atoms with Crippen LogP contribution in [0.15, 0.2) is 18.3 Å². The van der Waals surface area contributed by atoms with Crippen molar-refractivity contribution in [2.75, 3.05) is 13.1 Å². The van der Waals surface area contributed by atoms with Gasteiger partial charge in [0.1, 0.15) is 11.8 Å². The molecule has 1 heterocycles. The average molecular weight is 229 g/mol. The molecule has 1 aromatic heterocycles. The molecule has 1 saturated carbocycles. The Balaban J connectivity index is 2.08. The van der Waals surface area contributed by atoms with Crippen LogP contribution >= 0.6 is 0 Å². The smallest absolute Gasteiger partial charge is 0.272 e. The van der Waals surface area contributed by atoms with E-state index in [0.717, 1.165) is 6.54 Å². The van der Waals surface area contributed by atoms with Gasteiger partial charge in [-0.15, -0.1) is 0 Å². The lowest BCUT2D eigenvalue weighted by atomic mass is 10.2. The zero-order valence-electron chi connectivity index (χ0n) is 9.89. The number of hydrogen-bond acceptors (Lipinski definition) is 3. The molecule has 0 saturated heterocycles. The van der Waals surface area contributed by atoms with Crippen molar-refractivity contribution >= 4 is 5.91 Å². The molecule has 1 amide bonds. The number of aromatic nitrogens is 1. The van der Waals surface area contributed by atoms with Crippen molar-refractivity contribution in [2.45, 2.75) is 19.8 Å². The first-order valence-electron chi connectivity index (χ1n) is 5.90. The van der Waals surface area contributed by atoms with Gasteiger partial charge in [0, 0.05) is 19.3 Å². The molecule has 0 aliphatic heterocycles. The first-order valence-corrected chi connectivity index (χ1v) is 5.90. The van der Waals surface area contributed by atoms with Gasteiger partial charge in [-0.05, 0) is 37.8 Å². The largest absolute Gasteiger partial charge is 0.337 e. The molecular formula is C13H15N3O. The van der Waals surface area contributed by atoms with Gasteiger partial charge in [-0.1, -0.05) is 0 Å². The van der Waals surface area contributed by atoms with Crippen LogP contribution in [0.1, 0.15) is 35.8 Å². The molecule has 1 fully saturated rings. The summed E-state index contributed by atoms with van der Waals surface area (Å²) in [5, 5.41) is 8.66. The van der Waals surface area contributed by atoms with Crippen molar-refractivity contribution in [3.8, 4) is 6.07 Å². The summed E-state index contributed by atoms with van der Waals surface area (Å²) in [4.78, 5) is 18.0. The highest BCUT2D eigenvalue weighted by molar-refractivity contribution is 5.92. The lowest BCUT2D eigenvalue weighted by molar-refractivity contribution is 0.0751. The minimum atomic E-state index is -0.0381. The summed E-state index contributed by atoms with van der Waals surface area (Å²) in [6.07, 6.45) is 3.90. The third-order valence-corrected chi connectivity index (χ3v) is 2.96. The summed E-state index contributed by atoms with van der Waals surface area (Å²) in [5.74, 6) is 0.640. The van der Waals surface area contributed by atoms with Crippen LogP contribution in [-0.2, 0) is 0 Å². The second-order valence-corrected chi connectivity index (χ2v) is 4.33. The summed E-state index contributed by atoms with van der Waals surface area (Å²) < 4.78 is 0. The van der Waals surface area contributed by atoms with Gasteiger partial charge in [-0.25, -0.2) is 4.98 Å². The van der Waals surface area contributed by atoms with Gasteiger partial charge in [0.25, 0.3) is 5.91 Å². The molecule has 1 aliphatic carbocycles. The fourth-order valence-corrected chi connectivity index (χ4v) is 1.72. The van der Waals surface area contributed by atoms with E-state index >= 15 is 0 Å². The summed E-state index contributed by atoms with van der Waals surface area (Å²) in [6, 6.07) is 5.24. The molecule has 0 atom stereocenters. The number of carbonyl (C=O) groups excluding carboxylic acids is 1. The fraction of sp³-hybridized carbons (Fsp3) is 0.462. The summed E-state index contributed by atoms with van der Waals surface area (Å²) in [6.45, 7) is 3.51. The maximum Gasteiger partial charge on any atom is 0.272 e. The molecule has 1 aromatic rings. The topological polar surface area (TPSA) is 57.0 Å². The van der Waals surface area contributed by atoms with Crippen molar-refractivity contribution < 1.29 is 4.79 Å². The molecule has 0 aromatic carbocycles. The van der Waals surface area contributed by atoms with E-state index in [1.54, 1.807) is 12.1 Å². The zero-order chi connectivity index (χ0) is 12.3. The molecule has 17 heavy (non-hydrogen) atoms. The van der Waals surface area contributed by atoms with E-state index in [9.17, 15) is 4.79 Å². The van der Waals surface area contributed by atoms with Crippen LogP contribution in [0.5, 0.6) is 0 Å². The molecule has 0 bridgehead atoms. The predicted octanol–water partition coefficient (Wildman–Crippen LogP) is 1.83. The maximum absolute atomic E-state index is 12.1. The van der Waals surface area contributed by atoms with E-state index in [-0.39, 0.29) is 5.91 Å². The number of rotatable bonds is 4. The predicted molar refractivity (Wildman–Crippen MR) is 63.3 cm³/mol. The number of nitriles is 1. The van der Waals surface area contributed by atoms with E-state index in [2.05, 4.69) is 4.98 Å². The highest BCUT2D eigenvalue weighted by atomic mass is 16.2. The molecule has 0 unspecified atom stereocenters. The highest BCUT2D eigenvalue weighted by Gasteiger charge is 2.26. The van der Waals surface area contributed by atoms with Crippen LogP contribution in [0, 0.1) is 17.2 Å². The Labute approximate surface area is 101 Å². The van der Waals surface area contributed by atoms with Gasteiger partial charge in [0.05, 0.1) is 5.56 Å². The van der Waals surface area contributed by atoms with E-state index in [1.165, 1.54) is 19.0 Å².